The summed E-state index contributed by atoms with van der Waals surface area (Å²) in [5.41, 5.74) is 7.97. The van der Waals surface area contributed by atoms with Gasteiger partial charge < -0.3 is 10.6 Å². The number of nitrogens with one attached hydrogen (secondary N) is 1. The van der Waals surface area contributed by atoms with E-state index < -0.39 is 6.03 Å². The van der Waals surface area contributed by atoms with E-state index in [9.17, 15) is 4.79 Å². The summed E-state index contributed by atoms with van der Waals surface area (Å²) in [7, 11) is 1.43. The molecule has 0 saturated carbocycles. The molecule has 0 saturated heterocycles. The van der Waals surface area contributed by atoms with Crippen LogP contribution < -0.4 is 11.2 Å². The zero-order valence-electron chi connectivity index (χ0n) is 7.29. The number of hydrogen-bond acceptors (Lipinski definition) is 4. The lowest BCUT2D eigenvalue weighted by Gasteiger charge is -1.98. The van der Waals surface area contributed by atoms with Gasteiger partial charge in [-0.2, -0.15) is 5.10 Å². The Hall–Kier alpha value is -1.59. The number of amides is 2. The number of rotatable bonds is 3. The molecule has 0 aromatic rings. The zero-order valence-corrected chi connectivity index (χ0v) is 7.29. The van der Waals surface area contributed by atoms with Gasteiger partial charge in [-0.15, -0.1) is 0 Å². The molecule has 0 fully saturated rings. The normalized spacial score (nSPS) is 12.6. The topological polar surface area (TPSA) is 89.1 Å². The van der Waals surface area contributed by atoms with Crippen molar-refractivity contribution in [1.82, 2.24) is 5.43 Å². The first-order chi connectivity index (χ1) is 5.57. The van der Waals surface area contributed by atoms with E-state index in [4.69, 9.17) is 5.73 Å². The lowest BCUT2D eigenvalue weighted by molar-refractivity contribution is 0.214. The molecule has 0 heterocycles. The van der Waals surface area contributed by atoms with Crippen LogP contribution in [0.25, 0.3) is 0 Å². The van der Waals surface area contributed by atoms with Gasteiger partial charge >= 0.3 is 6.03 Å². The molecule has 3 N–H and O–H groups in total. The number of hydrazone groups is 1. The van der Waals surface area contributed by atoms with E-state index in [1.54, 1.807) is 13.8 Å². The fourth-order valence-electron chi connectivity index (χ4n) is 0.423. The molecule has 12 heavy (non-hydrogen) atoms. The highest BCUT2D eigenvalue weighted by molar-refractivity contribution is 6.40. The molecule has 0 atom stereocenters. The molecule has 0 spiro atoms. The van der Waals surface area contributed by atoms with Crippen molar-refractivity contribution in [3.8, 4) is 0 Å². The molecule has 68 valence electrons. The summed E-state index contributed by atoms with van der Waals surface area (Å²) in [5.74, 6) is 0. The molecule has 0 aromatic heterocycles. The Balaban J connectivity index is 4.17. The Morgan fingerprint density at radius 2 is 2.00 bits per heavy atom. The third-order valence-corrected chi connectivity index (χ3v) is 1.09. The summed E-state index contributed by atoms with van der Waals surface area (Å²) in [5, 5.41) is 7.22. The van der Waals surface area contributed by atoms with Crippen molar-refractivity contribution in [2.45, 2.75) is 13.8 Å². The molecule has 0 aromatic carbocycles. The van der Waals surface area contributed by atoms with E-state index in [1.165, 1.54) is 7.11 Å². The average Bonchev–Trinajstić information content (AvgIpc) is 2.00. The van der Waals surface area contributed by atoms with E-state index in [1.807, 2.05) is 0 Å². The van der Waals surface area contributed by atoms with Crippen molar-refractivity contribution >= 4 is 17.5 Å². The fraction of sp³-hybridized carbons (Fsp3) is 0.500. The minimum atomic E-state index is -0.709. The van der Waals surface area contributed by atoms with Crippen molar-refractivity contribution < 1.29 is 9.63 Å². The van der Waals surface area contributed by atoms with Gasteiger partial charge in [0.1, 0.15) is 7.11 Å². The number of primary amides is 1. The third-order valence-electron chi connectivity index (χ3n) is 1.09. The number of nitrogens with two attached hydrogens (primary N) is 1. The predicted molar refractivity (Wildman–Crippen MR) is 45.9 cm³/mol. The number of oxime groups is 1. The number of carbonyl (C=O) groups excluding carboxylic acids is 1. The lowest BCUT2D eigenvalue weighted by Crippen LogP contribution is -2.26. The number of carbonyl (C=O) groups is 1. The van der Waals surface area contributed by atoms with Crippen LogP contribution in [0.1, 0.15) is 13.8 Å². The standard InChI is InChI=1S/C6H12N4O2/c1-4(5(2)10-12-3)8-9-6(7)11/h1-3H3,(H3,7,9,11)/b8-4+,10-5+. The van der Waals surface area contributed by atoms with Crippen molar-refractivity contribution in [3.05, 3.63) is 0 Å². The molecular weight excluding hydrogens is 160 g/mol. The lowest BCUT2D eigenvalue weighted by atomic mass is 10.3. The number of hydrogen-bond donors (Lipinski definition) is 2. The van der Waals surface area contributed by atoms with Crippen LogP contribution in [0.3, 0.4) is 0 Å². The second-order valence-corrected chi connectivity index (χ2v) is 2.03. The maximum absolute atomic E-state index is 10.2. The van der Waals surface area contributed by atoms with Crippen LogP contribution in [-0.2, 0) is 4.84 Å². The number of nitrogens with zero attached hydrogens (tertiary/aromatic N) is 2. The van der Waals surface area contributed by atoms with Crippen LogP contribution in [0.4, 0.5) is 4.79 Å². The zero-order chi connectivity index (χ0) is 9.56. The van der Waals surface area contributed by atoms with Gasteiger partial charge in [0.05, 0.1) is 11.4 Å². The van der Waals surface area contributed by atoms with Crippen molar-refractivity contribution in [1.29, 1.82) is 0 Å². The molecule has 0 rings (SSSR count). The molecule has 0 unspecified atom stereocenters. The van der Waals surface area contributed by atoms with Gasteiger partial charge in [-0.25, -0.2) is 10.2 Å². The van der Waals surface area contributed by atoms with E-state index in [2.05, 4.69) is 20.5 Å². The molecule has 2 amide bonds. The Morgan fingerprint density at radius 3 is 2.42 bits per heavy atom. The molecule has 0 bridgehead atoms. The van der Waals surface area contributed by atoms with Crippen molar-refractivity contribution in [3.63, 3.8) is 0 Å². The highest BCUT2D eigenvalue weighted by atomic mass is 16.6. The van der Waals surface area contributed by atoms with Gasteiger partial charge in [0.2, 0.25) is 0 Å². The summed E-state index contributed by atoms with van der Waals surface area (Å²) in [6, 6.07) is -0.709. The first-order valence-electron chi connectivity index (χ1n) is 3.25. The van der Waals surface area contributed by atoms with Crippen LogP contribution in [-0.4, -0.2) is 24.6 Å². The number of urea groups is 1. The van der Waals surface area contributed by atoms with E-state index in [-0.39, 0.29) is 0 Å². The minimum absolute atomic E-state index is 0.538. The minimum Gasteiger partial charge on any atom is -0.399 e. The highest BCUT2D eigenvalue weighted by Gasteiger charge is 1.97. The predicted octanol–water partition coefficient (Wildman–Crippen LogP) is 0.0529. The SMILES string of the molecule is CO/N=C(C)/C(C)=N/NC(N)=O. The smallest absolute Gasteiger partial charge is 0.332 e. The summed E-state index contributed by atoms with van der Waals surface area (Å²) in [6.45, 7) is 3.37. The van der Waals surface area contributed by atoms with Crippen molar-refractivity contribution in [2.75, 3.05) is 7.11 Å². The van der Waals surface area contributed by atoms with E-state index in [0.717, 1.165) is 0 Å². The van der Waals surface area contributed by atoms with Crippen LogP contribution in [0, 0.1) is 0 Å². The van der Waals surface area contributed by atoms with Gasteiger partial charge in [-0.3, -0.25) is 0 Å². The summed E-state index contributed by atoms with van der Waals surface area (Å²) >= 11 is 0. The summed E-state index contributed by atoms with van der Waals surface area (Å²) < 4.78 is 0. The van der Waals surface area contributed by atoms with Crippen LogP contribution >= 0.6 is 0 Å². The van der Waals surface area contributed by atoms with Crippen molar-refractivity contribution in [2.24, 2.45) is 16.0 Å². The Kier molecular flexibility index (Phi) is 4.43. The third kappa shape index (κ3) is 4.26. The van der Waals surface area contributed by atoms with Crippen LogP contribution in [0.15, 0.2) is 10.3 Å². The second kappa shape index (κ2) is 5.11. The Labute approximate surface area is 70.4 Å². The van der Waals surface area contributed by atoms with Gasteiger partial charge in [0.15, 0.2) is 0 Å². The molecule has 0 radical (unpaired) electrons. The monoisotopic (exact) mass is 172 g/mol. The fourth-order valence-corrected chi connectivity index (χ4v) is 0.423. The van der Waals surface area contributed by atoms with E-state index in [0.29, 0.717) is 11.4 Å². The second-order valence-electron chi connectivity index (χ2n) is 2.03. The average molecular weight is 172 g/mol. The molecular formula is C6H12N4O2. The summed E-state index contributed by atoms with van der Waals surface area (Å²) in [4.78, 5) is 14.7. The van der Waals surface area contributed by atoms with Crippen LogP contribution in [0.5, 0.6) is 0 Å². The van der Waals surface area contributed by atoms with E-state index >= 15 is 0 Å². The maximum atomic E-state index is 10.2. The van der Waals surface area contributed by atoms with Gasteiger partial charge in [-0.05, 0) is 13.8 Å². The highest BCUT2D eigenvalue weighted by Crippen LogP contribution is 1.83. The van der Waals surface area contributed by atoms with Gasteiger partial charge in [-0.1, -0.05) is 5.16 Å². The molecule has 0 aliphatic rings. The molecule has 6 nitrogen and oxygen atoms in total. The largest absolute Gasteiger partial charge is 0.399 e. The molecule has 0 aliphatic heterocycles. The van der Waals surface area contributed by atoms with Gasteiger partial charge in [0, 0.05) is 0 Å². The van der Waals surface area contributed by atoms with Crippen LogP contribution in [0.2, 0.25) is 0 Å². The Bertz CT molecular complexity index is 222. The quantitative estimate of drug-likeness (QED) is 0.465. The molecule has 0 aliphatic carbocycles. The van der Waals surface area contributed by atoms with Gasteiger partial charge in [0.25, 0.3) is 0 Å². The molecule has 6 heteroatoms. The Morgan fingerprint density at radius 1 is 1.42 bits per heavy atom. The maximum Gasteiger partial charge on any atom is 0.332 e. The first kappa shape index (κ1) is 10.4. The first-order valence-corrected chi connectivity index (χ1v) is 3.25. The summed E-state index contributed by atoms with van der Waals surface area (Å²) in [6.07, 6.45) is 0.